The fourth-order valence-electron chi connectivity index (χ4n) is 1.30. The van der Waals surface area contributed by atoms with Gasteiger partial charge < -0.3 is 10.5 Å². The van der Waals surface area contributed by atoms with E-state index >= 15 is 0 Å². The van der Waals surface area contributed by atoms with Gasteiger partial charge >= 0.3 is 0 Å². The molecule has 1 aliphatic rings. The van der Waals surface area contributed by atoms with Gasteiger partial charge in [0.2, 0.25) is 0 Å². The highest BCUT2D eigenvalue weighted by molar-refractivity contribution is 7.80. The number of hydrogen-bond acceptors (Lipinski definition) is 3. The Morgan fingerprint density at radius 1 is 1.67 bits per heavy atom. The summed E-state index contributed by atoms with van der Waals surface area (Å²) in [6.45, 7) is 5.86. The molecule has 0 aromatic heterocycles. The molecule has 1 saturated heterocycles. The first kappa shape index (κ1) is 9.89. The molecule has 12 heavy (non-hydrogen) atoms. The van der Waals surface area contributed by atoms with Crippen LogP contribution in [0.15, 0.2) is 0 Å². The normalized spacial score (nSPS) is 28.3. The molecule has 0 aromatic rings. The third-order valence-corrected chi connectivity index (χ3v) is 2.83. The number of ether oxygens (including phenoxy) is 1. The summed E-state index contributed by atoms with van der Waals surface area (Å²) in [5.74, 6) is 0.584. The molecule has 1 heterocycles. The number of rotatable bonds is 3. The fraction of sp³-hybridized carbons (Fsp3) is 0.875. The Labute approximate surface area is 78.7 Å². The minimum absolute atomic E-state index is 0.126. The summed E-state index contributed by atoms with van der Waals surface area (Å²) in [4.78, 5) is 0.569. The van der Waals surface area contributed by atoms with Crippen LogP contribution in [0.25, 0.3) is 0 Å². The summed E-state index contributed by atoms with van der Waals surface area (Å²) >= 11 is 4.92. The minimum Gasteiger partial charge on any atom is -0.393 e. The van der Waals surface area contributed by atoms with E-state index in [1.807, 2.05) is 6.92 Å². The zero-order valence-corrected chi connectivity index (χ0v) is 8.36. The largest absolute Gasteiger partial charge is 0.393 e. The van der Waals surface area contributed by atoms with Crippen LogP contribution in [0.2, 0.25) is 0 Å². The summed E-state index contributed by atoms with van der Waals surface area (Å²) in [5, 5.41) is 3.25. The van der Waals surface area contributed by atoms with E-state index in [0.717, 1.165) is 13.2 Å². The average Bonchev–Trinajstić information content (AvgIpc) is 2.53. The Balaban J connectivity index is 2.44. The topological polar surface area (TPSA) is 47.3 Å². The highest BCUT2D eigenvalue weighted by Crippen LogP contribution is 2.18. The minimum atomic E-state index is 0.126. The van der Waals surface area contributed by atoms with Gasteiger partial charge in [0.25, 0.3) is 0 Å². The molecule has 70 valence electrons. The van der Waals surface area contributed by atoms with Crippen LogP contribution < -0.4 is 11.1 Å². The molecule has 0 aliphatic carbocycles. The van der Waals surface area contributed by atoms with Crippen LogP contribution in [-0.2, 0) is 4.74 Å². The molecule has 3 atom stereocenters. The lowest BCUT2D eigenvalue weighted by Crippen LogP contribution is -2.37. The van der Waals surface area contributed by atoms with Gasteiger partial charge in [0.15, 0.2) is 0 Å². The summed E-state index contributed by atoms with van der Waals surface area (Å²) in [6.07, 6.45) is 0.126. The second-order valence-corrected chi connectivity index (χ2v) is 3.77. The molecule has 0 aromatic carbocycles. The molecule has 0 radical (unpaired) electrons. The lowest BCUT2D eigenvalue weighted by atomic mass is 9.94. The molecule has 0 bridgehead atoms. The molecule has 1 aliphatic heterocycles. The third-order valence-electron chi connectivity index (χ3n) is 2.46. The van der Waals surface area contributed by atoms with Crippen molar-refractivity contribution in [3.05, 3.63) is 0 Å². The maximum atomic E-state index is 5.55. The highest BCUT2D eigenvalue weighted by atomic mass is 32.1. The van der Waals surface area contributed by atoms with Crippen molar-refractivity contribution in [3.8, 4) is 0 Å². The van der Waals surface area contributed by atoms with E-state index in [4.69, 9.17) is 22.7 Å². The predicted molar refractivity (Wildman–Crippen MR) is 52.9 cm³/mol. The van der Waals surface area contributed by atoms with Gasteiger partial charge in [0, 0.05) is 18.4 Å². The Kier molecular flexibility index (Phi) is 3.43. The number of thiocarbonyl (C=S) groups is 1. The van der Waals surface area contributed by atoms with E-state index in [1.165, 1.54) is 0 Å². The number of hydrogen-bond donors (Lipinski definition) is 2. The molecule has 3 N–H and O–H groups in total. The SMILES string of the molecule is CC(C(N)=S)C(C)C1NCCO1. The van der Waals surface area contributed by atoms with Gasteiger partial charge in [0.1, 0.15) is 6.23 Å². The molecule has 3 nitrogen and oxygen atoms in total. The van der Waals surface area contributed by atoms with Crippen molar-refractivity contribution < 1.29 is 4.74 Å². The molecular weight excluding hydrogens is 172 g/mol. The van der Waals surface area contributed by atoms with Crippen molar-refractivity contribution in [2.45, 2.75) is 20.1 Å². The monoisotopic (exact) mass is 188 g/mol. The first-order valence-corrected chi connectivity index (χ1v) is 4.68. The van der Waals surface area contributed by atoms with Crippen LogP contribution in [-0.4, -0.2) is 24.4 Å². The van der Waals surface area contributed by atoms with E-state index in [2.05, 4.69) is 12.2 Å². The molecule has 4 heteroatoms. The zero-order chi connectivity index (χ0) is 9.14. The molecule has 0 saturated carbocycles. The molecule has 1 fully saturated rings. The second kappa shape index (κ2) is 4.16. The van der Waals surface area contributed by atoms with Crippen LogP contribution in [0.3, 0.4) is 0 Å². The summed E-state index contributed by atoms with van der Waals surface area (Å²) in [7, 11) is 0. The Morgan fingerprint density at radius 3 is 2.75 bits per heavy atom. The van der Waals surface area contributed by atoms with Gasteiger partial charge in [-0.3, -0.25) is 5.32 Å². The maximum Gasteiger partial charge on any atom is 0.111 e. The van der Waals surface area contributed by atoms with Crippen molar-refractivity contribution in [2.24, 2.45) is 17.6 Å². The van der Waals surface area contributed by atoms with Crippen molar-refractivity contribution in [1.29, 1.82) is 0 Å². The molecule has 0 amide bonds. The van der Waals surface area contributed by atoms with E-state index in [9.17, 15) is 0 Å². The van der Waals surface area contributed by atoms with Gasteiger partial charge in [-0.2, -0.15) is 0 Å². The summed E-state index contributed by atoms with van der Waals surface area (Å²) in [5.41, 5.74) is 5.55. The lowest BCUT2D eigenvalue weighted by molar-refractivity contribution is 0.0487. The smallest absolute Gasteiger partial charge is 0.111 e. The van der Waals surface area contributed by atoms with Crippen molar-refractivity contribution >= 4 is 17.2 Å². The van der Waals surface area contributed by atoms with Gasteiger partial charge in [-0.15, -0.1) is 0 Å². The van der Waals surface area contributed by atoms with E-state index < -0.39 is 0 Å². The highest BCUT2D eigenvalue weighted by Gasteiger charge is 2.27. The molecular formula is C8H16N2OS. The molecule has 1 rings (SSSR count). The Hall–Kier alpha value is -0.190. The average molecular weight is 188 g/mol. The quantitative estimate of drug-likeness (QED) is 0.633. The fourth-order valence-corrected chi connectivity index (χ4v) is 1.52. The zero-order valence-electron chi connectivity index (χ0n) is 7.54. The van der Waals surface area contributed by atoms with Gasteiger partial charge in [-0.05, 0) is 0 Å². The third kappa shape index (κ3) is 2.15. The van der Waals surface area contributed by atoms with E-state index in [-0.39, 0.29) is 12.1 Å². The van der Waals surface area contributed by atoms with Crippen LogP contribution in [0.4, 0.5) is 0 Å². The van der Waals surface area contributed by atoms with E-state index in [0.29, 0.717) is 10.9 Å². The number of nitrogens with one attached hydrogen (secondary N) is 1. The van der Waals surface area contributed by atoms with Gasteiger partial charge in [0.05, 0.1) is 11.6 Å². The first-order chi connectivity index (χ1) is 5.63. The van der Waals surface area contributed by atoms with E-state index in [1.54, 1.807) is 0 Å². The maximum absolute atomic E-state index is 5.55. The second-order valence-electron chi connectivity index (χ2n) is 3.30. The van der Waals surface area contributed by atoms with Crippen LogP contribution in [0, 0.1) is 11.8 Å². The Morgan fingerprint density at radius 2 is 2.33 bits per heavy atom. The van der Waals surface area contributed by atoms with Gasteiger partial charge in [-0.25, -0.2) is 0 Å². The van der Waals surface area contributed by atoms with Crippen LogP contribution in [0.1, 0.15) is 13.8 Å². The predicted octanol–water partition coefficient (Wildman–Crippen LogP) is 0.491. The number of nitrogens with two attached hydrogens (primary N) is 1. The van der Waals surface area contributed by atoms with Crippen molar-refractivity contribution in [1.82, 2.24) is 5.32 Å². The lowest BCUT2D eigenvalue weighted by Gasteiger charge is -2.24. The van der Waals surface area contributed by atoms with Gasteiger partial charge in [-0.1, -0.05) is 26.1 Å². The van der Waals surface area contributed by atoms with Crippen LogP contribution in [0.5, 0.6) is 0 Å². The van der Waals surface area contributed by atoms with Crippen LogP contribution >= 0.6 is 12.2 Å². The Bertz CT molecular complexity index is 168. The summed E-state index contributed by atoms with van der Waals surface area (Å²) in [6, 6.07) is 0. The first-order valence-electron chi connectivity index (χ1n) is 4.27. The van der Waals surface area contributed by atoms with Crippen molar-refractivity contribution in [3.63, 3.8) is 0 Å². The summed E-state index contributed by atoms with van der Waals surface area (Å²) < 4.78 is 5.46. The van der Waals surface area contributed by atoms with Crippen molar-refractivity contribution in [2.75, 3.05) is 13.2 Å². The molecule has 3 unspecified atom stereocenters. The standard InChI is InChI=1S/C8H16N2OS/c1-5(7(9)12)6(2)8-10-3-4-11-8/h5-6,8,10H,3-4H2,1-2H3,(H2,9,12). The molecule has 0 spiro atoms.